The van der Waals surface area contributed by atoms with Crippen molar-refractivity contribution >= 4 is 30.5 Å². The lowest BCUT2D eigenvalue weighted by Gasteiger charge is -2.44. The summed E-state index contributed by atoms with van der Waals surface area (Å²) in [5, 5.41) is 4.38. The second-order valence-electron chi connectivity index (χ2n) is 11.5. The van der Waals surface area contributed by atoms with Gasteiger partial charge in [-0.15, -0.1) is 0 Å². The molecule has 1 saturated heterocycles. The number of fused-ring (bicyclic) bond motifs is 1. The average Bonchev–Trinajstić information content (AvgIpc) is 3.16. The number of nitrogens with one attached hydrogen (secondary N) is 1. The SMILES string of the molecule is CC(C)[Si](C(C)C)(C(C)C)n1cc(C2CCN(C)CC2)c2ccc(Nc3cc(F)c(F)c(F)c3)cc21. The normalized spacial score (nSPS) is 16.1. The fraction of sp³-hybridized carbons (Fsp3) is 0.517. The van der Waals surface area contributed by atoms with Crippen LogP contribution in [0, 0.1) is 17.5 Å². The van der Waals surface area contributed by atoms with Crippen molar-refractivity contribution in [2.75, 3.05) is 25.5 Å². The molecule has 1 aliphatic heterocycles. The fourth-order valence-electron chi connectivity index (χ4n) is 6.93. The summed E-state index contributed by atoms with van der Waals surface area (Å²) >= 11 is 0. The van der Waals surface area contributed by atoms with E-state index in [0.717, 1.165) is 43.8 Å². The Bertz CT molecular complexity index is 1180. The predicted molar refractivity (Wildman–Crippen MR) is 147 cm³/mol. The summed E-state index contributed by atoms with van der Waals surface area (Å²) in [6, 6.07) is 8.23. The van der Waals surface area contributed by atoms with E-state index in [1.807, 2.05) is 6.07 Å². The van der Waals surface area contributed by atoms with Crippen LogP contribution in [-0.4, -0.2) is 37.5 Å². The number of nitrogens with zero attached hydrogens (tertiary/aromatic N) is 2. The van der Waals surface area contributed by atoms with E-state index in [0.29, 0.717) is 22.5 Å². The van der Waals surface area contributed by atoms with E-state index >= 15 is 0 Å². The largest absolute Gasteiger partial charge is 0.373 e. The van der Waals surface area contributed by atoms with E-state index in [2.05, 4.69) is 81.4 Å². The van der Waals surface area contributed by atoms with Crippen LogP contribution in [0.4, 0.5) is 24.5 Å². The van der Waals surface area contributed by atoms with E-state index in [9.17, 15) is 13.2 Å². The van der Waals surface area contributed by atoms with Gasteiger partial charge in [0.05, 0.1) is 0 Å². The molecule has 3 nitrogen and oxygen atoms in total. The molecule has 0 bridgehead atoms. The summed E-state index contributed by atoms with van der Waals surface area (Å²) in [4.78, 5) is 2.40. The van der Waals surface area contributed by atoms with Crippen LogP contribution in [0.15, 0.2) is 36.5 Å². The first-order valence-corrected chi connectivity index (χ1v) is 15.4. The highest BCUT2D eigenvalue weighted by atomic mass is 28.3. The Balaban J connectivity index is 1.89. The van der Waals surface area contributed by atoms with Gasteiger partial charge in [-0.3, -0.25) is 0 Å². The second kappa shape index (κ2) is 10.2. The first-order valence-electron chi connectivity index (χ1n) is 13.2. The number of likely N-dealkylation sites (tertiary alicyclic amines) is 1. The van der Waals surface area contributed by atoms with Gasteiger partial charge in [-0.25, -0.2) is 13.2 Å². The maximum absolute atomic E-state index is 13.9. The molecule has 0 radical (unpaired) electrons. The lowest BCUT2D eigenvalue weighted by atomic mass is 9.89. The van der Waals surface area contributed by atoms with Crippen molar-refractivity contribution in [2.24, 2.45) is 0 Å². The van der Waals surface area contributed by atoms with Crippen LogP contribution >= 0.6 is 0 Å². The van der Waals surface area contributed by atoms with Gasteiger partial charge in [0, 0.05) is 34.4 Å². The number of aromatic nitrogens is 1. The molecule has 1 N–H and O–H groups in total. The molecule has 0 unspecified atom stereocenters. The van der Waals surface area contributed by atoms with Gasteiger partial charge in [-0.2, -0.15) is 0 Å². The molecule has 196 valence electrons. The molecule has 0 atom stereocenters. The quantitative estimate of drug-likeness (QED) is 0.251. The van der Waals surface area contributed by atoms with Crippen molar-refractivity contribution < 1.29 is 13.2 Å². The maximum atomic E-state index is 13.9. The number of piperidine rings is 1. The summed E-state index contributed by atoms with van der Waals surface area (Å²) in [5.41, 5.74) is 5.10. The Hall–Kier alpha value is -2.25. The minimum Gasteiger partial charge on any atom is -0.373 e. The molecule has 1 aliphatic rings. The zero-order valence-corrected chi connectivity index (χ0v) is 23.6. The third-order valence-electron chi connectivity index (χ3n) is 8.46. The highest BCUT2D eigenvalue weighted by Gasteiger charge is 2.46. The van der Waals surface area contributed by atoms with Crippen LogP contribution in [0.1, 0.15) is 65.9 Å². The van der Waals surface area contributed by atoms with Gasteiger partial charge in [0.15, 0.2) is 25.7 Å². The molecule has 1 fully saturated rings. The molecule has 0 aliphatic carbocycles. The van der Waals surface area contributed by atoms with Gasteiger partial charge in [0.25, 0.3) is 0 Å². The topological polar surface area (TPSA) is 20.2 Å². The zero-order chi connectivity index (χ0) is 26.4. The van der Waals surface area contributed by atoms with Crippen molar-refractivity contribution in [1.29, 1.82) is 0 Å². The third-order valence-corrected chi connectivity index (χ3v) is 15.2. The Kier molecular flexibility index (Phi) is 7.63. The molecular formula is C29H40F3N3Si. The summed E-state index contributed by atoms with van der Waals surface area (Å²) < 4.78 is 43.8. The van der Waals surface area contributed by atoms with E-state index in [1.165, 1.54) is 16.5 Å². The summed E-state index contributed by atoms with van der Waals surface area (Å²) in [6.45, 7) is 16.4. The highest BCUT2D eigenvalue weighted by molar-refractivity contribution is 6.82. The second-order valence-corrected chi connectivity index (χ2v) is 17.2. The van der Waals surface area contributed by atoms with Gasteiger partial charge in [-0.1, -0.05) is 47.6 Å². The van der Waals surface area contributed by atoms with Crippen LogP contribution in [-0.2, 0) is 0 Å². The van der Waals surface area contributed by atoms with E-state index in [-0.39, 0.29) is 5.69 Å². The van der Waals surface area contributed by atoms with Gasteiger partial charge in [0.2, 0.25) is 0 Å². The van der Waals surface area contributed by atoms with E-state index in [4.69, 9.17) is 0 Å². The number of halogens is 3. The number of anilines is 2. The Morgan fingerprint density at radius 3 is 1.92 bits per heavy atom. The molecule has 4 rings (SSSR count). The Morgan fingerprint density at radius 2 is 1.39 bits per heavy atom. The standard InChI is InChI=1S/C29H40F3N3Si/c1-18(2)36(19(3)4,20(5)6)35-17-25(21-10-12-34(7)13-11-21)24-9-8-22(16-28(24)35)33-23-14-26(30)29(32)27(31)15-23/h8-9,14-21,33H,10-13H2,1-7H3. The van der Waals surface area contributed by atoms with Crippen LogP contribution < -0.4 is 5.32 Å². The number of rotatable bonds is 7. The van der Waals surface area contributed by atoms with Crippen molar-refractivity contribution in [3.8, 4) is 0 Å². The van der Waals surface area contributed by atoms with Crippen molar-refractivity contribution in [2.45, 2.75) is 76.9 Å². The highest BCUT2D eigenvalue weighted by Crippen LogP contribution is 2.46. The van der Waals surface area contributed by atoms with Crippen LogP contribution in [0.5, 0.6) is 0 Å². The maximum Gasteiger partial charge on any atom is 0.194 e. The minimum absolute atomic E-state index is 0.194. The molecule has 7 heteroatoms. The first-order chi connectivity index (χ1) is 17.0. The lowest BCUT2D eigenvalue weighted by Crippen LogP contribution is -2.51. The van der Waals surface area contributed by atoms with E-state index in [1.54, 1.807) is 0 Å². The minimum atomic E-state index is -2.06. The Morgan fingerprint density at radius 1 is 0.833 bits per heavy atom. The average molecular weight is 516 g/mol. The summed E-state index contributed by atoms with van der Waals surface area (Å²) in [5.74, 6) is -3.33. The molecule has 1 aromatic heterocycles. The van der Waals surface area contributed by atoms with Crippen LogP contribution in [0.2, 0.25) is 16.6 Å². The van der Waals surface area contributed by atoms with Crippen molar-refractivity contribution in [3.63, 3.8) is 0 Å². The lowest BCUT2D eigenvalue weighted by molar-refractivity contribution is 0.256. The van der Waals surface area contributed by atoms with Gasteiger partial charge in [0.1, 0.15) is 0 Å². The van der Waals surface area contributed by atoms with Crippen LogP contribution in [0.25, 0.3) is 10.9 Å². The Labute approximate surface area is 214 Å². The number of hydrogen-bond donors (Lipinski definition) is 1. The smallest absolute Gasteiger partial charge is 0.194 e. The molecule has 3 aromatic rings. The molecule has 36 heavy (non-hydrogen) atoms. The first kappa shape index (κ1) is 26.8. The van der Waals surface area contributed by atoms with Crippen molar-refractivity contribution in [3.05, 3.63) is 59.5 Å². The van der Waals surface area contributed by atoms with Crippen molar-refractivity contribution in [1.82, 2.24) is 9.13 Å². The molecular weight excluding hydrogens is 475 g/mol. The molecule has 0 amide bonds. The molecule has 0 saturated carbocycles. The predicted octanol–water partition coefficient (Wildman–Crippen LogP) is 8.64. The number of benzene rings is 2. The monoisotopic (exact) mass is 515 g/mol. The van der Waals surface area contributed by atoms with E-state index < -0.39 is 25.7 Å². The summed E-state index contributed by atoms with van der Waals surface area (Å²) in [7, 11) is 0.132. The number of hydrogen-bond acceptors (Lipinski definition) is 2. The van der Waals surface area contributed by atoms with Crippen LogP contribution in [0.3, 0.4) is 0 Å². The van der Waals surface area contributed by atoms with Gasteiger partial charge in [-0.05, 0) is 79.4 Å². The van der Waals surface area contributed by atoms with Gasteiger partial charge >= 0.3 is 0 Å². The zero-order valence-electron chi connectivity index (χ0n) is 22.6. The molecule has 0 spiro atoms. The third kappa shape index (κ3) is 4.60. The molecule has 2 heterocycles. The molecule has 2 aromatic carbocycles. The van der Waals surface area contributed by atoms with Gasteiger partial charge < -0.3 is 14.4 Å². The summed E-state index contributed by atoms with van der Waals surface area (Å²) in [6.07, 6.45) is 4.74. The fourth-order valence-corrected chi connectivity index (χ4v) is 13.6.